The summed E-state index contributed by atoms with van der Waals surface area (Å²) in [5.74, 6) is -1.01. The van der Waals surface area contributed by atoms with E-state index in [1.807, 2.05) is 68.4 Å². The molecule has 0 aromatic heterocycles. The zero-order valence-corrected chi connectivity index (χ0v) is 28.1. The van der Waals surface area contributed by atoms with Crippen LogP contribution in [0.4, 0.5) is 10.1 Å². The van der Waals surface area contributed by atoms with Crippen LogP contribution in [0.2, 0.25) is 0 Å². The van der Waals surface area contributed by atoms with Crippen molar-refractivity contribution in [2.75, 3.05) is 24.0 Å². The summed E-state index contributed by atoms with van der Waals surface area (Å²) in [6, 6.07) is 26.5. The highest BCUT2D eigenvalue weighted by atomic mass is 79.9. The highest BCUT2D eigenvalue weighted by Gasteiger charge is 2.34. The van der Waals surface area contributed by atoms with E-state index < -0.39 is 34.3 Å². The molecule has 0 aliphatic heterocycles. The molecule has 0 aliphatic rings. The van der Waals surface area contributed by atoms with Crippen LogP contribution in [0, 0.1) is 5.82 Å². The minimum absolute atomic E-state index is 0.0452. The maximum Gasteiger partial charge on any atom is 0.264 e. The Balaban J connectivity index is 1.78. The summed E-state index contributed by atoms with van der Waals surface area (Å²) in [6.07, 6.45) is 0.907. The van der Waals surface area contributed by atoms with Crippen molar-refractivity contribution in [1.29, 1.82) is 0 Å². The molecule has 0 saturated heterocycles. The van der Waals surface area contributed by atoms with Crippen LogP contribution in [-0.4, -0.2) is 50.9 Å². The van der Waals surface area contributed by atoms with Gasteiger partial charge in [-0.25, -0.2) is 12.8 Å². The Kier molecular flexibility index (Phi) is 12.3. The van der Waals surface area contributed by atoms with Gasteiger partial charge < -0.3 is 15.0 Å². The first-order valence-corrected chi connectivity index (χ1v) is 17.2. The molecule has 0 heterocycles. The van der Waals surface area contributed by atoms with E-state index in [0.717, 1.165) is 32.0 Å². The molecule has 1 N–H and O–H groups in total. The lowest BCUT2D eigenvalue weighted by atomic mass is 10.0. The molecule has 242 valence electrons. The number of amides is 2. The van der Waals surface area contributed by atoms with Gasteiger partial charge in [-0.3, -0.25) is 13.9 Å². The highest BCUT2D eigenvalue weighted by molar-refractivity contribution is 9.10. The number of carbonyl (C=O) groups is 2. The molecule has 0 spiro atoms. The van der Waals surface area contributed by atoms with Gasteiger partial charge in [-0.1, -0.05) is 65.3 Å². The minimum Gasteiger partial charge on any atom is -0.494 e. The number of rotatable bonds is 15. The third-order valence-electron chi connectivity index (χ3n) is 7.20. The molecule has 0 radical (unpaired) electrons. The fourth-order valence-corrected chi connectivity index (χ4v) is 6.52. The van der Waals surface area contributed by atoms with Crippen molar-refractivity contribution in [3.63, 3.8) is 0 Å². The molecule has 4 aromatic rings. The van der Waals surface area contributed by atoms with E-state index in [4.69, 9.17) is 4.74 Å². The third-order valence-corrected chi connectivity index (χ3v) is 9.52. The number of nitrogens with zero attached hydrogens (tertiary/aromatic N) is 2. The fraction of sp³-hybridized carbons (Fsp3) is 0.257. The van der Waals surface area contributed by atoms with E-state index in [9.17, 15) is 22.4 Å². The fourth-order valence-electron chi connectivity index (χ4n) is 4.84. The van der Waals surface area contributed by atoms with E-state index in [1.165, 1.54) is 41.3 Å². The number of anilines is 1. The SMILES string of the molecule is CCCNC(=O)[C@H](Cc1ccccc1)N(Cc1ccc(Br)cc1)C(=O)CN(c1ccc(F)cc1)S(=O)(=O)c1ccc(OCC)cc1. The second-order valence-electron chi connectivity index (χ2n) is 10.5. The van der Waals surface area contributed by atoms with Crippen molar-refractivity contribution in [1.82, 2.24) is 10.2 Å². The van der Waals surface area contributed by atoms with E-state index in [0.29, 0.717) is 25.3 Å². The van der Waals surface area contributed by atoms with Gasteiger partial charge in [-0.15, -0.1) is 0 Å². The molecule has 8 nitrogen and oxygen atoms in total. The predicted octanol–water partition coefficient (Wildman–Crippen LogP) is 6.35. The van der Waals surface area contributed by atoms with Gasteiger partial charge in [0.1, 0.15) is 24.2 Å². The summed E-state index contributed by atoms with van der Waals surface area (Å²) in [4.78, 5) is 29.5. The summed E-state index contributed by atoms with van der Waals surface area (Å²) in [7, 11) is -4.32. The average molecular weight is 711 g/mol. The van der Waals surface area contributed by atoms with Crippen LogP contribution in [0.1, 0.15) is 31.4 Å². The smallest absolute Gasteiger partial charge is 0.264 e. The third kappa shape index (κ3) is 9.17. The molecule has 11 heteroatoms. The largest absolute Gasteiger partial charge is 0.494 e. The van der Waals surface area contributed by atoms with Crippen molar-refractivity contribution in [2.45, 2.75) is 44.2 Å². The van der Waals surface area contributed by atoms with Crippen molar-refractivity contribution in [3.05, 3.63) is 125 Å². The van der Waals surface area contributed by atoms with Gasteiger partial charge in [0.2, 0.25) is 11.8 Å². The summed E-state index contributed by atoms with van der Waals surface area (Å²) in [5.41, 5.74) is 1.69. The number of hydrogen-bond acceptors (Lipinski definition) is 5. The molecular weight excluding hydrogens is 673 g/mol. The molecule has 2 amide bonds. The monoisotopic (exact) mass is 709 g/mol. The van der Waals surface area contributed by atoms with Crippen molar-refractivity contribution in [3.8, 4) is 5.75 Å². The first-order chi connectivity index (χ1) is 22.1. The van der Waals surface area contributed by atoms with Crippen LogP contribution >= 0.6 is 15.9 Å². The first-order valence-electron chi connectivity index (χ1n) is 15.0. The van der Waals surface area contributed by atoms with Gasteiger partial charge in [0, 0.05) is 24.0 Å². The average Bonchev–Trinajstić information content (AvgIpc) is 3.06. The van der Waals surface area contributed by atoms with E-state index >= 15 is 0 Å². The van der Waals surface area contributed by atoms with Crippen LogP contribution in [0.5, 0.6) is 5.75 Å². The van der Waals surface area contributed by atoms with E-state index in [-0.39, 0.29) is 29.5 Å². The van der Waals surface area contributed by atoms with E-state index in [1.54, 1.807) is 0 Å². The highest BCUT2D eigenvalue weighted by Crippen LogP contribution is 2.27. The van der Waals surface area contributed by atoms with Crippen molar-refractivity contribution >= 4 is 43.5 Å². The van der Waals surface area contributed by atoms with Gasteiger partial charge in [0.25, 0.3) is 10.0 Å². The molecule has 0 aliphatic carbocycles. The molecular formula is C35H37BrFN3O5S. The number of nitrogens with one attached hydrogen (secondary N) is 1. The second kappa shape index (κ2) is 16.4. The van der Waals surface area contributed by atoms with Gasteiger partial charge in [-0.2, -0.15) is 0 Å². The number of benzene rings is 4. The summed E-state index contributed by atoms with van der Waals surface area (Å²) in [5, 5.41) is 2.92. The lowest BCUT2D eigenvalue weighted by Gasteiger charge is -2.34. The van der Waals surface area contributed by atoms with E-state index in [2.05, 4.69) is 21.2 Å². The number of sulfonamides is 1. The Bertz CT molecular complexity index is 1690. The Labute approximate surface area is 278 Å². The van der Waals surface area contributed by atoms with Gasteiger partial charge in [0.05, 0.1) is 17.2 Å². The number of halogens is 2. The summed E-state index contributed by atoms with van der Waals surface area (Å²) < 4.78 is 49.4. The Morgan fingerprint density at radius 1 is 0.870 bits per heavy atom. The topological polar surface area (TPSA) is 96.0 Å². The summed E-state index contributed by atoms with van der Waals surface area (Å²) >= 11 is 3.43. The molecule has 46 heavy (non-hydrogen) atoms. The molecule has 0 saturated carbocycles. The normalized spacial score (nSPS) is 11.8. The van der Waals surface area contributed by atoms with Crippen LogP contribution in [0.3, 0.4) is 0 Å². The quantitative estimate of drug-likeness (QED) is 0.155. The Morgan fingerprint density at radius 2 is 1.52 bits per heavy atom. The number of ether oxygens (including phenoxy) is 1. The molecule has 0 bridgehead atoms. The predicted molar refractivity (Wildman–Crippen MR) is 180 cm³/mol. The van der Waals surface area contributed by atoms with Gasteiger partial charge in [-0.05, 0) is 85.1 Å². The summed E-state index contributed by atoms with van der Waals surface area (Å²) in [6.45, 7) is 3.99. The van der Waals surface area contributed by atoms with Crippen LogP contribution in [-0.2, 0) is 32.6 Å². The number of carbonyl (C=O) groups excluding carboxylic acids is 2. The molecule has 4 aromatic carbocycles. The molecule has 0 fully saturated rings. The maximum atomic E-state index is 14.4. The lowest BCUT2D eigenvalue weighted by Crippen LogP contribution is -2.53. The lowest BCUT2D eigenvalue weighted by molar-refractivity contribution is -0.140. The second-order valence-corrected chi connectivity index (χ2v) is 13.3. The first kappa shape index (κ1) is 34.6. The van der Waals surface area contributed by atoms with Gasteiger partial charge in [0.15, 0.2) is 0 Å². The van der Waals surface area contributed by atoms with Crippen molar-refractivity contribution in [2.24, 2.45) is 0 Å². The van der Waals surface area contributed by atoms with Crippen molar-refractivity contribution < 1.29 is 27.1 Å². The Hall–Kier alpha value is -4.22. The molecule has 1 atom stereocenters. The van der Waals surface area contributed by atoms with Crippen LogP contribution in [0.15, 0.2) is 112 Å². The zero-order chi connectivity index (χ0) is 33.1. The molecule has 0 unspecified atom stereocenters. The zero-order valence-electron chi connectivity index (χ0n) is 25.7. The van der Waals surface area contributed by atoms with Crippen LogP contribution < -0.4 is 14.4 Å². The Morgan fingerprint density at radius 3 is 2.13 bits per heavy atom. The molecule has 4 rings (SSSR count). The van der Waals surface area contributed by atoms with Crippen LogP contribution in [0.25, 0.3) is 0 Å². The minimum atomic E-state index is -4.32. The maximum absolute atomic E-state index is 14.4. The standard InChI is InChI=1S/C35H37BrFN3O5S/c1-3-22-38-35(42)33(23-26-8-6-5-7-9-26)39(24-27-10-12-28(36)13-11-27)34(41)25-40(30-16-14-29(37)15-17-30)46(43,44)32-20-18-31(19-21-32)45-4-2/h5-21,33H,3-4,22-25H2,1-2H3,(H,38,42)/t33-/m0/s1. The number of hydrogen-bond donors (Lipinski definition) is 1. The van der Waals surface area contributed by atoms with Gasteiger partial charge >= 0.3 is 0 Å².